The van der Waals surface area contributed by atoms with E-state index in [9.17, 15) is 13.2 Å². The van der Waals surface area contributed by atoms with Crippen LogP contribution in [-0.4, -0.2) is 6.54 Å². The number of nitrogens with one attached hydrogen (secondary N) is 1. The van der Waals surface area contributed by atoms with Gasteiger partial charge in [0, 0.05) is 13.1 Å². The van der Waals surface area contributed by atoms with Crippen molar-refractivity contribution in [2.75, 3.05) is 6.54 Å². The second kappa shape index (κ2) is 5.95. The third-order valence-corrected chi connectivity index (χ3v) is 3.75. The van der Waals surface area contributed by atoms with E-state index in [1.807, 2.05) is 0 Å². The quantitative estimate of drug-likeness (QED) is 0.834. The third-order valence-electron chi connectivity index (χ3n) is 3.75. The van der Waals surface area contributed by atoms with E-state index >= 15 is 0 Å². The molecule has 0 bridgehead atoms. The molecular formula is C15H22F3N. The maximum absolute atomic E-state index is 12.4. The zero-order valence-corrected chi connectivity index (χ0v) is 11.9. The standard InChI is InChI=1S/C15H22F3N/c1-11(2)14(3,4)10-19-9-12-5-7-13(8-6-12)15(16,17)18/h5-8,11,19H,9-10H2,1-4H3. The zero-order chi connectivity index (χ0) is 14.7. The summed E-state index contributed by atoms with van der Waals surface area (Å²) in [7, 11) is 0. The lowest BCUT2D eigenvalue weighted by atomic mass is 9.81. The summed E-state index contributed by atoms with van der Waals surface area (Å²) in [6.45, 7) is 10.1. The van der Waals surface area contributed by atoms with E-state index in [0.29, 0.717) is 12.5 Å². The van der Waals surface area contributed by atoms with Gasteiger partial charge < -0.3 is 5.32 Å². The Morgan fingerprint density at radius 2 is 1.58 bits per heavy atom. The van der Waals surface area contributed by atoms with Crippen molar-refractivity contribution in [3.63, 3.8) is 0 Å². The molecule has 1 nitrogen and oxygen atoms in total. The Balaban J connectivity index is 2.52. The lowest BCUT2D eigenvalue weighted by molar-refractivity contribution is -0.137. The molecule has 0 heterocycles. The highest BCUT2D eigenvalue weighted by atomic mass is 19.4. The number of rotatable bonds is 5. The summed E-state index contributed by atoms with van der Waals surface area (Å²) in [6, 6.07) is 5.31. The maximum Gasteiger partial charge on any atom is 0.416 e. The van der Waals surface area contributed by atoms with Crippen molar-refractivity contribution >= 4 is 0 Å². The van der Waals surface area contributed by atoms with E-state index in [0.717, 1.165) is 24.2 Å². The Bertz CT molecular complexity index is 391. The monoisotopic (exact) mass is 273 g/mol. The van der Waals surface area contributed by atoms with Gasteiger partial charge in [-0.3, -0.25) is 0 Å². The van der Waals surface area contributed by atoms with Gasteiger partial charge in [-0.1, -0.05) is 39.8 Å². The summed E-state index contributed by atoms with van der Waals surface area (Å²) in [5, 5.41) is 3.30. The van der Waals surface area contributed by atoms with Crippen molar-refractivity contribution in [2.45, 2.75) is 40.4 Å². The molecule has 0 aromatic heterocycles. The molecule has 0 atom stereocenters. The molecule has 0 aliphatic rings. The summed E-state index contributed by atoms with van der Waals surface area (Å²) >= 11 is 0. The van der Waals surface area contributed by atoms with Crippen molar-refractivity contribution < 1.29 is 13.2 Å². The number of hydrogen-bond donors (Lipinski definition) is 1. The van der Waals surface area contributed by atoms with E-state index in [1.54, 1.807) is 0 Å². The van der Waals surface area contributed by atoms with Crippen molar-refractivity contribution in [1.82, 2.24) is 5.32 Å². The molecule has 1 N–H and O–H groups in total. The second-order valence-electron chi connectivity index (χ2n) is 5.94. The van der Waals surface area contributed by atoms with Gasteiger partial charge in [-0.2, -0.15) is 13.2 Å². The highest BCUT2D eigenvalue weighted by Gasteiger charge is 2.29. The topological polar surface area (TPSA) is 12.0 Å². The van der Waals surface area contributed by atoms with Gasteiger partial charge in [-0.15, -0.1) is 0 Å². The number of halogens is 3. The maximum atomic E-state index is 12.4. The van der Waals surface area contributed by atoms with Crippen LogP contribution >= 0.6 is 0 Å². The average Bonchev–Trinajstić information content (AvgIpc) is 2.28. The molecule has 0 saturated heterocycles. The van der Waals surface area contributed by atoms with Gasteiger partial charge >= 0.3 is 6.18 Å². The van der Waals surface area contributed by atoms with Crippen LogP contribution in [-0.2, 0) is 12.7 Å². The van der Waals surface area contributed by atoms with Crippen molar-refractivity contribution in [2.24, 2.45) is 11.3 Å². The second-order valence-corrected chi connectivity index (χ2v) is 5.94. The van der Waals surface area contributed by atoms with E-state index in [1.165, 1.54) is 12.1 Å². The van der Waals surface area contributed by atoms with E-state index in [-0.39, 0.29) is 5.41 Å². The Morgan fingerprint density at radius 3 is 2.00 bits per heavy atom. The van der Waals surface area contributed by atoms with Crippen molar-refractivity contribution in [3.05, 3.63) is 35.4 Å². The van der Waals surface area contributed by atoms with E-state index in [4.69, 9.17) is 0 Å². The lowest BCUT2D eigenvalue weighted by Gasteiger charge is -2.29. The van der Waals surface area contributed by atoms with Crippen LogP contribution in [0.1, 0.15) is 38.8 Å². The van der Waals surface area contributed by atoms with E-state index < -0.39 is 11.7 Å². The molecule has 0 amide bonds. The van der Waals surface area contributed by atoms with Gasteiger partial charge in [0.05, 0.1) is 5.56 Å². The predicted octanol–water partition coefficient (Wildman–Crippen LogP) is 4.48. The fourth-order valence-electron chi connectivity index (χ4n) is 1.54. The van der Waals surface area contributed by atoms with Crippen LogP contribution < -0.4 is 5.32 Å². The Kier molecular flexibility index (Phi) is 5.02. The fraction of sp³-hybridized carbons (Fsp3) is 0.600. The molecule has 0 fully saturated rings. The summed E-state index contributed by atoms with van der Waals surface area (Å²) in [6.07, 6.45) is -4.26. The minimum absolute atomic E-state index is 0.173. The number of benzene rings is 1. The number of alkyl halides is 3. The summed E-state index contributed by atoms with van der Waals surface area (Å²) < 4.78 is 37.2. The van der Waals surface area contributed by atoms with Gasteiger partial charge in [0.1, 0.15) is 0 Å². The molecule has 1 aromatic carbocycles. The third kappa shape index (κ3) is 4.86. The van der Waals surface area contributed by atoms with Crippen LogP contribution in [0.4, 0.5) is 13.2 Å². The van der Waals surface area contributed by atoms with Crippen molar-refractivity contribution in [1.29, 1.82) is 0 Å². The van der Waals surface area contributed by atoms with Gasteiger partial charge in [0.2, 0.25) is 0 Å². The van der Waals surface area contributed by atoms with Crippen LogP contribution in [0.25, 0.3) is 0 Å². The van der Waals surface area contributed by atoms with Gasteiger partial charge in [-0.25, -0.2) is 0 Å². The highest BCUT2D eigenvalue weighted by molar-refractivity contribution is 5.24. The van der Waals surface area contributed by atoms with E-state index in [2.05, 4.69) is 33.0 Å². The zero-order valence-electron chi connectivity index (χ0n) is 11.9. The first kappa shape index (κ1) is 16.0. The molecule has 0 aliphatic carbocycles. The smallest absolute Gasteiger partial charge is 0.312 e. The van der Waals surface area contributed by atoms with Gasteiger partial charge in [0.15, 0.2) is 0 Å². The normalized spacial score (nSPS) is 13.1. The Morgan fingerprint density at radius 1 is 1.05 bits per heavy atom. The van der Waals surface area contributed by atoms with Gasteiger partial charge in [-0.05, 0) is 29.0 Å². The minimum atomic E-state index is -4.26. The number of hydrogen-bond acceptors (Lipinski definition) is 1. The van der Waals surface area contributed by atoms with Crippen LogP contribution in [0.2, 0.25) is 0 Å². The Hall–Kier alpha value is -1.03. The summed E-state index contributed by atoms with van der Waals surface area (Å²) in [5.74, 6) is 0.549. The molecule has 0 radical (unpaired) electrons. The summed E-state index contributed by atoms with van der Waals surface area (Å²) in [5.41, 5.74) is 0.442. The Labute approximate surface area is 113 Å². The highest BCUT2D eigenvalue weighted by Crippen LogP contribution is 2.29. The fourth-order valence-corrected chi connectivity index (χ4v) is 1.54. The average molecular weight is 273 g/mol. The largest absolute Gasteiger partial charge is 0.416 e. The first-order valence-corrected chi connectivity index (χ1v) is 6.50. The molecule has 1 aromatic rings. The van der Waals surface area contributed by atoms with Gasteiger partial charge in [0.25, 0.3) is 0 Å². The first-order valence-electron chi connectivity index (χ1n) is 6.50. The SMILES string of the molecule is CC(C)C(C)(C)CNCc1ccc(C(F)(F)F)cc1. The summed E-state index contributed by atoms with van der Waals surface area (Å²) in [4.78, 5) is 0. The predicted molar refractivity (Wildman–Crippen MR) is 71.8 cm³/mol. The molecule has 0 aliphatic heterocycles. The first-order chi connectivity index (χ1) is 8.63. The molecule has 19 heavy (non-hydrogen) atoms. The van der Waals surface area contributed by atoms with Crippen LogP contribution in [0, 0.1) is 11.3 Å². The van der Waals surface area contributed by atoms with Crippen LogP contribution in [0.5, 0.6) is 0 Å². The molecule has 0 unspecified atom stereocenters. The molecule has 0 spiro atoms. The molecule has 4 heteroatoms. The van der Waals surface area contributed by atoms with Crippen LogP contribution in [0.15, 0.2) is 24.3 Å². The lowest BCUT2D eigenvalue weighted by Crippen LogP contribution is -2.33. The van der Waals surface area contributed by atoms with Crippen molar-refractivity contribution in [3.8, 4) is 0 Å². The molecular weight excluding hydrogens is 251 g/mol. The molecule has 108 valence electrons. The molecule has 1 rings (SSSR count). The molecule has 0 saturated carbocycles. The van der Waals surface area contributed by atoms with Crippen LogP contribution in [0.3, 0.4) is 0 Å². The minimum Gasteiger partial charge on any atom is -0.312 e.